The van der Waals surface area contributed by atoms with Gasteiger partial charge in [-0.2, -0.15) is 0 Å². The highest BCUT2D eigenvalue weighted by Gasteiger charge is 2.15. The number of carbonyl (C=O) groups is 1. The molecule has 0 aliphatic rings. The Bertz CT molecular complexity index is 1250. The lowest BCUT2D eigenvalue weighted by atomic mass is 9.94. The van der Waals surface area contributed by atoms with Gasteiger partial charge in [0.1, 0.15) is 5.75 Å². The third-order valence-electron chi connectivity index (χ3n) is 5.93. The lowest BCUT2D eigenvalue weighted by molar-refractivity contribution is -0.150. The molecule has 172 valence electrons. The van der Waals surface area contributed by atoms with Gasteiger partial charge >= 0.3 is 5.97 Å². The molecule has 0 aliphatic heterocycles. The number of benzene rings is 4. The van der Waals surface area contributed by atoms with Gasteiger partial charge in [0.2, 0.25) is 0 Å². The first-order valence-electron chi connectivity index (χ1n) is 11.7. The molecule has 4 aromatic carbocycles. The third-order valence-corrected chi connectivity index (χ3v) is 5.93. The topological polar surface area (TPSA) is 35.5 Å². The fourth-order valence-corrected chi connectivity index (χ4v) is 3.99. The van der Waals surface area contributed by atoms with Gasteiger partial charge in [-0.3, -0.25) is 0 Å². The number of hydrogen-bond acceptors (Lipinski definition) is 3. The summed E-state index contributed by atoms with van der Waals surface area (Å²) >= 11 is 0. The van der Waals surface area contributed by atoms with Gasteiger partial charge < -0.3 is 9.47 Å². The van der Waals surface area contributed by atoms with Crippen LogP contribution >= 0.6 is 0 Å². The molecule has 0 aliphatic carbocycles. The Morgan fingerprint density at radius 1 is 0.706 bits per heavy atom. The molecular formula is C31H30O3. The fourth-order valence-electron chi connectivity index (χ4n) is 3.99. The van der Waals surface area contributed by atoms with Crippen LogP contribution in [0, 0.1) is 13.8 Å². The lowest BCUT2D eigenvalue weighted by Gasteiger charge is -2.14. The minimum absolute atomic E-state index is 0.345. The predicted molar refractivity (Wildman–Crippen MR) is 139 cm³/mol. The van der Waals surface area contributed by atoms with Crippen molar-refractivity contribution in [3.05, 3.63) is 102 Å². The summed E-state index contributed by atoms with van der Waals surface area (Å²) in [5.74, 6) is 0.289. The molecule has 0 bridgehead atoms. The maximum atomic E-state index is 11.8. The molecule has 3 nitrogen and oxygen atoms in total. The van der Waals surface area contributed by atoms with Crippen LogP contribution in [0.1, 0.15) is 25.0 Å². The quantitative estimate of drug-likeness (QED) is 0.271. The van der Waals surface area contributed by atoms with E-state index in [1.54, 1.807) is 13.8 Å². The van der Waals surface area contributed by atoms with Crippen LogP contribution in [0.5, 0.6) is 5.75 Å². The van der Waals surface area contributed by atoms with Crippen LogP contribution in [-0.2, 0) is 9.53 Å². The van der Waals surface area contributed by atoms with Gasteiger partial charge in [0, 0.05) is 0 Å². The third kappa shape index (κ3) is 5.37. The number of ether oxygens (including phenoxy) is 2. The summed E-state index contributed by atoms with van der Waals surface area (Å²) in [7, 11) is 0. The first-order chi connectivity index (χ1) is 16.4. The minimum Gasteiger partial charge on any atom is -0.479 e. The highest BCUT2D eigenvalue weighted by Crippen LogP contribution is 2.31. The van der Waals surface area contributed by atoms with E-state index in [1.165, 1.54) is 38.9 Å². The van der Waals surface area contributed by atoms with Crippen molar-refractivity contribution in [2.75, 3.05) is 6.61 Å². The van der Waals surface area contributed by atoms with E-state index >= 15 is 0 Å². The molecule has 0 radical (unpaired) electrons. The van der Waals surface area contributed by atoms with Crippen molar-refractivity contribution in [3.8, 4) is 39.1 Å². The zero-order valence-electron chi connectivity index (χ0n) is 20.2. The van der Waals surface area contributed by atoms with E-state index in [4.69, 9.17) is 9.47 Å². The van der Waals surface area contributed by atoms with E-state index in [0.717, 1.165) is 5.56 Å². The molecule has 0 fully saturated rings. The molecule has 1 unspecified atom stereocenters. The Morgan fingerprint density at radius 3 is 1.76 bits per heavy atom. The maximum Gasteiger partial charge on any atom is 0.347 e. The van der Waals surface area contributed by atoms with Crippen molar-refractivity contribution in [1.82, 2.24) is 0 Å². The molecule has 3 heteroatoms. The minimum atomic E-state index is -0.635. The summed E-state index contributed by atoms with van der Waals surface area (Å²) in [6.07, 6.45) is -0.635. The van der Waals surface area contributed by atoms with E-state index in [2.05, 4.69) is 80.6 Å². The Kier molecular flexibility index (Phi) is 7.12. The van der Waals surface area contributed by atoms with E-state index in [-0.39, 0.29) is 5.97 Å². The van der Waals surface area contributed by atoms with Crippen molar-refractivity contribution in [3.63, 3.8) is 0 Å². The van der Waals surface area contributed by atoms with Crippen molar-refractivity contribution in [1.29, 1.82) is 0 Å². The molecular weight excluding hydrogens is 420 g/mol. The zero-order chi connectivity index (χ0) is 24.1. The number of esters is 1. The van der Waals surface area contributed by atoms with E-state index in [1.807, 2.05) is 24.3 Å². The zero-order valence-corrected chi connectivity index (χ0v) is 20.2. The molecule has 0 heterocycles. The summed E-state index contributed by atoms with van der Waals surface area (Å²) in [5.41, 5.74) is 9.59. The molecule has 0 spiro atoms. The fraction of sp³-hybridized carbons (Fsp3) is 0.194. The molecule has 0 aromatic heterocycles. The smallest absolute Gasteiger partial charge is 0.347 e. The molecule has 1 atom stereocenters. The van der Waals surface area contributed by atoms with Crippen LogP contribution < -0.4 is 4.74 Å². The Labute approximate surface area is 202 Å². The number of hydrogen-bond donors (Lipinski definition) is 0. The standard InChI is InChI=1S/C31H30O3/c1-5-33-31(32)23(4)34-29-17-14-27(15-18-29)30-19-16-28(20-22(30)3)26-12-10-25(11-13-26)24-8-6-21(2)7-9-24/h6-20,23H,5H2,1-4H3. The summed E-state index contributed by atoms with van der Waals surface area (Å²) < 4.78 is 10.7. The second-order valence-electron chi connectivity index (χ2n) is 8.51. The summed E-state index contributed by atoms with van der Waals surface area (Å²) in [6, 6.07) is 31.7. The Morgan fingerprint density at radius 2 is 1.21 bits per heavy atom. The number of aryl methyl sites for hydroxylation is 2. The van der Waals surface area contributed by atoms with E-state index in [0.29, 0.717) is 12.4 Å². The Hall–Kier alpha value is -3.85. The van der Waals surface area contributed by atoms with Crippen LogP contribution in [0.25, 0.3) is 33.4 Å². The molecule has 34 heavy (non-hydrogen) atoms. The number of carbonyl (C=O) groups excluding carboxylic acids is 1. The van der Waals surface area contributed by atoms with Gasteiger partial charge in [-0.1, -0.05) is 84.4 Å². The molecule has 0 saturated carbocycles. The van der Waals surface area contributed by atoms with E-state index in [9.17, 15) is 4.79 Å². The number of rotatable bonds is 7. The van der Waals surface area contributed by atoms with Crippen LogP contribution in [0.3, 0.4) is 0 Å². The van der Waals surface area contributed by atoms with Gasteiger partial charge in [-0.05, 0) is 78.8 Å². The molecule has 0 amide bonds. The van der Waals surface area contributed by atoms with Crippen molar-refractivity contribution >= 4 is 5.97 Å². The second-order valence-corrected chi connectivity index (χ2v) is 8.51. The van der Waals surface area contributed by atoms with Gasteiger partial charge in [0.05, 0.1) is 6.61 Å². The Balaban J connectivity index is 1.49. The highest BCUT2D eigenvalue weighted by atomic mass is 16.6. The van der Waals surface area contributed by atoms with Crippen LogP contribution in [-0.4, -0.2) is 18.7 Å². The average Bonchev–Trinajstić information content (AvgIpc) is 2.85. The average molecular weight is 451 g/mol. The monoisotopic (exact) mass is 450 g/mol. The predicted octanol–water partition coefficient (Wildman–Crippen LogP) is 7.63. The molecule has 4 aromatic rings. The molecule has 4 rings (SSSR count). The van der Waals surface area contributed by atoms with Crippen molar-refractivity contribution < 1.29 is 14.3 Å². The maximum absolute atomic E-state index is 11.8. The SMILES string of the molecule is CCOC(=O)C(C)Oc1ccc(-c2ccc(-c3ccc(-c4ccc(C)cc4)cc3)cc2C)cc1. The van der Waals surface area contributed by atoms with Crippen LogP contribution in [0.2, 0.25) is 0 Å². The van der Waals surface area contributed by atoms with Crippen LogP contribution in [0.15, 0.2) is 91.0 Å². The van der Waals surface area contributed by atoms with Gasteiger partial charge in [-0.15, -0.1) is 0 Å². The van der Waals surface area contributed by atoms with E-state index < -0.39 is 6.10 Å². The second kappa shape index (κ2) is 10.4. The van der Waals surface area contributed by atoms with Gasteiger partial charge in [-0.25, -0.2) is 4.79 Å². The highest BCUT2D eigenvalue weighted by molar-refractivity contribution is 5.76. The van der Waals surface area contributed by atoms with Gasteiger partial charge in [0.25, 0.3) is 0 Å². The summed E-state index contributed by atoms with van der Waals surface area (Å²) in [4.78, 5) is 11.8. The summed E-state index contributed by atoms with van der Waals surface area (Å²) in [5, 5.41) is 0. The molecule has 0 saturated heterocycles. The molecule has 0 N–H and O–H groups in total. The normalized spacial score (nSPS) is 11.6. The van der Waals surface area contributed by atoms with Crippen LogP contribution in [0.4, 0.5) is 0 Å². The van der Waals surface area contributed by atoms with Gasteiger partial charge in [0.15, 0.2) is 6.10 Å². The first kappa shape index (κ1) is 23.3. The lowest BCUT2D eigenvalue weighted by Crippen LogP contribution is -2.25. The van der Waals surface area contributed by atoms with Crippen molar-refractivity contribution in [2.45, 2.75) is 33.8 Å². The first-order valence-corrected chi connectivity index (χ1v) is 11.7. The summed E-state index contributed by atoms with van der Waals surface area (Å²) in [6.45, 7) is 8.06. The van der Waals surface area contributed by atoms with Crippen molar-refractivity contribution in [2.24, 2.45) is 0 Å². The largest absolute Gasteiger partial charge is 0.479 e.